The molecule has 0 amide bonds. The summed E-state index contributed by atoms with van der Waals surface area (Å²) in [4.78, 5) is 9.74. The number of nitrogens with one attached hydrogen (secondary N) is 2. The van der Waals surface area contributed by atoms with E-state index in [9.17, 15) is 18.0 Å². The first-order chi connectivity index (χ1) is 14.5. The SMILES string of the molecule is CC(=O)OCN.N#CC(=N)C(=N)c1cc(Cl)cc(/C=C/c2cccc(C(F)(F)F)c2)c1. The van der Waals surface area contributed by atoms with Crippen molar-refractivity contribution >= 4 is 41.1 Å². The molecule has 0 aliphatic rings. The number of carbonyl (C=O) groups is 1. The maximum absolute atomic E-state index is 12.7. The van der Waals surface area contributed by atoms with E-state index in [4.69, 9.17) is 33.4 Å². The number of nitriles is 1. The van der Waals surface area contributed by atoms with Gasteiger partial charge in [-0.1, -0.05) is 35.9 Å². The molecule has 4 N–H and O–H groups in total. The molecule has 0 saturated carbocycles. The number of ether oxygens (including phenoxy) is 1. The van der Waals surface area contributed by atoms with Crippen LogP contribution in [-0.4, -0.2) is 24.1 Å². The molecular weight excluding hydrogens is 433 g/mol. The van der Waals surface area contributed by atoms with Crippen LogP contribution in [0.4, 0.5) is 13.2 Å². The fraction of sp³-hybridized carbons (Fsp3) is 0.143. The number of alkyl halides is 3. The molecule has 0 fully saturated rings. The summed E-state index contributed by atoms with van der Waals surface area (Å²) in [7, 11) is 0. The summed E-state index contributed by atoms with van der Waals surface area (Å²) >= 11 is 5.98. The second kappa shape index (κ2) is 11.6. The van der Waals surface area contributed by atoms with Crippen LogP contribution in [0.1, 0.15) is 29.2 Å². The molecule has 0 radical (unpaired) electrons. The molecule has 6 nitrogen and oxygen atoms in total. The van der Waals surface area contributed by atoms with Gasteiger partial charge in [0.1, 0.15) is 12.8 Å². The van der Waals surface area contributed by atoms with Crippen molar-refractivity contribution in [3.63, 3.8) is 0 Å². The summed E-state index contributed by atoms with van der Waals surface area (Å²) in [6, 6.07) is 11.0. The van der Waals surface area contributed by atoms with Crippen LogP contribution in [0.15, 0.2) is 42.5 Å². The molecule has 162 valence electrons. The molecule has 0 unspecified atom stereocenters. The van der Waals surface area contributed by atoms with Crippen LogP contribution in [0.3, 0.4) is 0 Å². The minimum Gasteiger partial charge on any atom is -0.450 e. The average Bonchev–Trinajstić information content (AvgIpc) is 2.70. The highest BCUT2D eigenvalue weighted by Crippen LogP contribution is 2.30. The monoisotopic (exact) mass is 450 g/mol. The Morgan fingerprint density at radius 3 is 2.35 bits per heavy atom. The molecule has 0 atom stereocenters. The van der Waals surface area contributed by atoms with Crippen molar-refractivity contribution in [2.24, 2.45) is 5.73 Å². The summed E-state index contributed by atoms with van der Waals surface area (Å²) in [6.07, 6.45) is -1.38. The Bertz CT molecular complexity index is 1040. The van der Waals surface area contributed by atoms with E-state index >= 15 is 0 Å². The number of hydrogen-bond acceptors (Lipinski definition) is 6. The predicted octanol–water partition coefficient (Wildman–Crippen LogP) is 4.91. The molecule has 10 heteroatoms. The number of halogens is 4. The quantitative estimate of drug-likeness (QED) is 0.259. The van der Waals surface area contributed by atoms with Crippen molar-refractivity contribution in [1.82, 2.24) is 0 Å². The zero-order valence-electron chi connectivity index (χ0n) is 16.3. The minimum absolute atomic E-state index is 0.0185. The lowest BCUT2D eigenvalue weighted by molar-refractivity contribution is -0.140. The van der Waals surface area contributed by atoms with Gasteiger partial charge >= 0.3 is 12.1 Å². The smallest absolute Gasteiger partial charge is 0.416 e. The highest BCUT2D eigenvalue weighted by Gasteiger charge is 2.30. The zero-order chi connectivity index (χ0) is 23.6. The number of benzene rings is 2. The molecule has 31 heavy (non-hydrogen) atoms. The fourth-order valence-corrected chi connectivity index (χ4v) is 2.43. The van der Waals surface area contributed by atoms with Gasteiger partial charge in [-0.25, -0.2) is 0 Å². The van der Waals surface area contributed by atoms with Gasteiger partial charge in [0.15, 0.2) is 5.71 Å². The second-order valence-corrected chi connectivity index (χ2v) is 6.33. The van der Waals surface area contributed by atoms with Gasteiger partial charge in [0.25, 0.3) is 0 Å². The van der Waals surface area contributed by atoms with E-state index < -0.39 is 17.5 Å². The van der Waals surface area contributed by atoms with Crippen molar-refractivity contribution in [2.75, 3.05) is 6.73 Å². The minimum atomic E-state index is -4.42. The summed E-state index contributed by atoms with van der Waals surface area (Å²) in [5.41, 5.74) is 4.43. The van der Waals surface area contributed by atoms with Crippen LogP contribution in [0.25, 0.3) is 12.2 Å². The van der Waals surface area contributed by atoms with Crippen LogP contribution in [0, 0.1) is 22.1 Å². The van der Waals surface area contributed by atoms with Gasteiger partial charge in [0.05, 0.1) is 11.3 Å². The number of nitrogens with two attached hydrogens (primary N) is 1. The van der Waals surface area contributed by atoms with Crippen LogP contribution in [0.5, 0.6) is 0 Å². The highest BCUT2D eigenvalue weighted by atomic mass is 35.5. The van der Waals surface area contributed by atoms with E-state index in [0.29, 0.717) is 11.1 Å². The van der Waals surface area contributed by atoms with Gasteiger partial charge in [-0.2, -0.15) is 18.4 Å². The van der Waals surface area contributed by atoms with Gasteiger partial charge in [-0.3, -0.25) is 21.3 Å². The lowest BCUT2D eigenvalue weighted by Crippen LogP contribution is -2.10. The molecule has 0 aliphatic carbocycles. The molecular formula is C21H18ClF3N4O2. The Morgan fingerprint density at radius 1 is 1.19 bits per heavy atom. The Kier molecular flexibility index (Phi) is 9.60. The summed E-state index contributed by atoms with van der Waals surface area (Å²) in [5.74, 6) is -0.336. The first-order valence-electron chi connectivity index (χ1n) is 8.55. The van der Waals surface area contributed by atoms with E-state index in [2.05, 4.69) is 4.74 Å². The highest BCUT2D eigenvalue weighted by molar-refractivity contribution is 6.51. The molecule has 2 aromatic carbocycles. The van der Waals surface area contributed by atoms with Crippen molar-refractivity contribution in [3.05, 3.63) is 69.7 Å². The molecule has 0 bridgehead atoms. The average molecular weight is 451 g/mol. The van der Waals surface area contributed by atoms with Crippen LogP contribution in [-0.2, 0) is 15.7 Å². The van der Waals surface area contributed by atoms with Crippen molar-refractivity contribution in [1.29, 1.82) is 16.1 Å². The van der Waals surface area contributed by atoms with Crippen LogP contribution >= 0.6 is 11.6 Å². The summed E-state index contributed by atoms with van der Waals surface area (Å²) in [5, 5.41) is 24.1. The second-order valence-electron chi connectivity index (χ2n) is 5.89. The normalized spacial score (nSPS) is 10.6. The predicted molar refractivity (Wildman–Crippen MR) is 113 cm³/mol. The first-order valence-corrected chi connectivity index (χ1v) is 8.93. The van der Waals surface area contributed by atoms with Gasteiger partial charge in [-0.15, -0.1) is 0 Å². The molecule has 2 aromatic rings. The lowest BCUT2D eigenvalue weighted by Gasteiger charge is -2.07. The van der Waals surface area contributed by atoms with Crippen LogP contribution in [0.2, 0.25) is 5.02 Å². The number of carbonyl (C=O) groups excluding carboxylic acids is 1. The lowest BCUT2D eigenvalue weighted by atomic mass is 10.0. The van der Waals surface area contributed by atoms with Crippen LogP contribution < -0.4 is 5.73 Å². The zero-order valence-corrected chi connectivity index (χ0v) is 17.0. The van der Waals surface area contributed by atoms with E-state index in [1.165, 1.54) is 37.3 Å². The third kappa shape index (κ3) is 8.82. The Morgan fingerprint density at radius 2 is 1.84 bits per heavy atom. The summed E-state index contributed by atoms with van der Waals surface area (Å²) < 4.78 is 42.4. The molecule has 0 aromatic heterocycles. The summed E-state index contributed by atoms with van der Waals surface area (Å²) in [6.45, 7) is 1.29. The Labute approximate surface area is 181 Å². The standard InChI is InChI=1S/C18H11ClF3N3.C3H7NO2/c19-15-8-12(6-13(9-15)17(25)16(24)10-23)5-4-11-2-1-3-14(7-11)18(20,21)22;1-3(5)6-2-4/h1-9,24-25H;2,4H2,1H3/b5-4+,24-16?,25-17?;. The van der Waals surface area contributed by atoms with E-state index in [-0.39, 0.29) is 29.0 Å². The largest absolute Gasteiger partial charge is 0.450 e. The van der Waals surface area contributed by atoms with Crippen molar-refractivity contribution in [2.45, 2.75) is 13.1 Å². The molecule has 2 rings (SSSR count). The van der Waals surface area contributed by atoms with Crippen molar-refractivity contribution in [3.8, 4) is 6.07 Å². The Balaban J connectivity index is 0.000000703. The van der Waals surface area contributed by atoms with Gasteiger partial charge in [0, 0.05) is 17.5 Å². The topological polar surface area (TPSA) is 124 Å². The molecule has 0 spiro atoms. The van der Waals surface area contributed by atoms with E-state index in [1.807, 2.05) is 0 Å². The number of nitrogens with zero attached hydrogens (tertiary/aromatic N) is 1. The first kappa shape index (κ1) is 25.6. The number of esters is 1. The van der Waals surface area contributed by atoms with E-state index in [0.717, 1.165) is 12.1 Å². The third-order valence-electron chi connectivity index (χ3n) is 3.54. The Hall–Kier alpha value is -3.48. The van der Waals surface area contributed by atoms with Gasteiger partial charge < -0.3 is 4.74 Å². The molecule has 0 saturated heterocycles. The molecule has 0 aliphatic heterocycles. The fourth-order valence-electron chi connectivity index (χ4n) is 2.18. The van der Waals surface area contributed by atoms with Gasteiger partial charge in [-0.05, 0) is 41.5 Å². The third-order valence-corrected chi connectivity index (χ3v) is 3.76. The number of hydrogen-bond donors (Lipinski definition) is 3. The maximum atomic E-state index is 12.7. The van der Waals surface area contributed by atoms with E-state index in [1.54, 1.807) is 18.2 Å². The van der Waals surface area contributed by atoms with Gasteiger partial charge in [0.2, 0.25) is 0 Å². The molecule has 0 heterocycles. The van der Waals surface area contributed by atoms with Crippen molar-refractivity contribution < 1.29 is 22.7 Å². The maximum Gasteiger partial charge on any atom is 0.416 e. The number of rotatable bonds is 5.